The largest absolute Gasteiger partial charge is 0.363 e. The highest BCUT2D eigenvalue weighted by molar-refractivity contribution is 5.52. The summed E-state index contributed by atoms with van der Waals surface area (Å²) in [4.78, 5) is 26.0. The lowest BCUT2D eigenvalue weighted by Crippen LogP contribution is -2.35. The molecule has 3 aromatic heterocycles. The van der Waals surface area contributed by atoms with Crippen molar-refractivity contribution in [3.8, 4) is 11.6 Å². The van der Waals surface area contributed by atoms with Crippen molar-refractivity contribution < 1.29 is 4.39 Å². The number of fused-ring (bicyclic) bond motifs is 1. The Labute approximate surface area is 157 Å². The van der Waals surface area contributed by atoms with Crippen molar-refractivity contribution in [1.82, 2.24) is 24.9 Å². The third-order valence-corrected chi connectivity index (χ3v) is 4.69. The van der Waals surface area contributed by atoms with Crippen LogP contribution in [0.25, 0.3) is 11.6 Å². The minimum absolute atomic E-state index is 0.0104. The van der Waals surface area contributed by atoms with Gasteiger partial charge in [0.1, 0.15) is 17.5 Å². The minimum Gasteiger partial charge on any atom is -0.363 e. The van der Waals surface area contributed by atoms with Gasteiger partial charge in [-0.2, -0.15) is 0 Å². The van der Waals surface area contributed by atoms with Crippen LogP contribution in [0.4, 0.5) is 16.0 Å². The zero-order valence-corrected chi connectivity index (χ0v) is 15.5. The van der Waals surface area contributed by atoms with E-state index in [4.69, 9.17) is 0 Å². The van der Waals surface area contributed by atoms with Crippen molar-refractivity contribution >= 4 is 11.6 Å². The second-order valence-electron chi connectivity index (χ2n) is 6.68. The van der Waals surface area contributed by atoms with Crippen molar-refractivity contribution in [2.45, 2.75) is 19.4 Å². The topological polar surface area (TPSA) is 70.9 Å². The third-order valence-electron chi connectivity index (χ3n) is 4.69. The monoisotopic (exact) mass is 365 g/mol. The highest BCUT2D eigenvalue weighted by Gasteiger charge is 2.27. The molecule has 0 saturated carbocycles. The van der Waals surface area contributed by atoms with Crippen molar-refractivity contribution in [3.63, 3.8) is 0 Å². The third kappa shape index (κ3) is 3.30. The maximum Gasteiger partial charge on any atom is 0.197 e. The summed E-state index contributed by atoms with van der Waals surface area (Å²) in [5.41, 5.74) is 1.99. The molecule has 1 aliphatic heterocycles. The Morgan fingerprint density at radius 3 is 2.59 bits per heavy atom. The maximum absolute atomic E-state index is 14.1. The van der Waals surface area contributed by atoms with Crippen LogP contribution in [-0.2, 0) is 6.42 Å². The molecule has 138 valence electrons. The highest BCUT2D eigenvalue weighted by atomic mass is 19.1. The molecule has 4 heterocycles. The molecular weight excluding hydrogens is 345 g/mol. The molecule has 0 bridgehead atoms. The van der Waals surface area contributed by atoms with Crippen LogP contribution in [-0.4, -0.2) is 45.6 Å². The number of anilines is 2. The predicted molar refractivity (Wildman–Crippen MR) is 101 cm³/mol. The summed E-state index contributed by atoms with van der Waals surface area (Å²) in [5, 5.41) is 0. The fourth-order valence-corrected chi connectivity index (χ4v) is 3.25. The van der Waals surface area contributed by atoms with Gasteiger partial charge in [0, 0.05) is 63.3 Å². The van der Waals surface area contributed by atoms with Gasteiger partial charge < -0.3 is 9.80 Å². The quantitative estimate of drug-likeness (QED) is 0.707. The zero-order chi connectivity index (χ0) is 19.0. The Morgan fingerprint density at radius 2 is 1.85 bits per heavy atom. The van der Waals surface area contributed by atoms with Gasteiger partial charge in [-0.15, -0.1) is 0 Å². The van der Waals surface area contributed by atoms with Gasteiger partial charge in [0.25, 0.3) is 0 Å². The highest BCUT2D eigenvalue weighted by Crippen LogP contribution is 2.33. The van der Waals surface area contributed by atoms with Crippen molar-refractivity contribution in [1.29, 1.82) is 0 Å². The van der Waals surface area contributed by atoms with Crippen LogP contribution in [0.2, 0.25) is 0 Å². The summed E-state index contributed by atoms with van der Waals surface area (Å²) in [6, 6.07) is 4.65. The first-order valence-corrected chi connectivity index (χ1v) is 8.77. The van der Waals surface area contributed by atoms with Crippen LogP contribution in [0.3, 0.4) is 0 Å². The Morgan fingerprint density at radius 1 is 1.07 bits per heavy atom. The van der Waals surface area contributed by atoms with E-state index in [0.717, 1.165) is 17.7 Å². The molecule has 0 radical (unpaired) electrons. The molecule has 4 rings (SSSR count). The van der Waals surface area contributed by atoms with Crippen LogP contribution in [0, 0.1) is 5.82 Å². The summed E-state index contributed by atoms with van der Waals surface area (Å²) in [7, 11) is 3.70. The van der Waals surface area contributed by atoms with Gasteiger partial charge in [0.2, 0.25) is 0 Å². The molecule has 0 N–H and O–H groups in total. The van der Waals surface area contributed by atoms with Gasteiger partial charge in [0.15, 0.2) is 11.6 Å². The molecule has 7 nitrogen and oxygen atoms in total. The van der Waals surface area contributed by atoms with E-state index in [1.807, 2.05) is 20.3 Å². The Bertz CT molecular complexity index is 962. The summed E-state index contributed by atoms with van der Waals surface area (Å²) < 4.78 is 14.1. The first-order valence-electron chi connectivity index (χ1n) is 8.77. The Hall–Kier alpha value is -3.16. The SMILES string of the molecule is C[C@@H]1c2cnc(-c3ncccn3)nc2CCN1c1cc(F)cc(N(C)C)n1. The smallest absolute Gasteiger partial charge is 0.197 e. The number of rotatable bonds is 3. The summed E-state index contributed by atoms with van der Waals surface area (Å²) in [5.74, 6) is 1.95. The minimum atomic E-state index is -0.297. The molecule has 27 heavy (non-hydrogen) atoms. The van der Waals surface area contributed by atoms with Crippen molar-refractivity contribution in [3.05, 3.63) is 53.9 Å². The lowest BCUT2D eigenvalue weighted by molar-refractivity contribution is 0.590. The molecule has 1 atom stereocenters. The van der Waals surface area contributed by atoms with E-state index in [2.05, 4.69) is 36.7 Å². The molecule has 0 aromatic carbocycles. The number of pyridine rings is 1. The fourth-order valence-electron chi connectivity index (χ4n) is 3.25. The normalized spacial score (nSPS) is 16.1. The number of nitrogens with zero attached hydrogens (tertiary/aromatic N) is 7. The summed E-state index contributed by atoms with van der Waals surface area (Å²) >= 11 is 0. The van der Waals surface area contributed by atoms with Crippen LogP contribution >= 0.6 is 0 Å². The Kier molecular flexibility index (Phi) is 4.39. The zero-order valence-electron chi connectivity index (χ0n) is 15.5. The Balaban J connectivity index is 1.67. The van der Waals surface area contributed by atoms with Crippen LogP contribution in [0.15, 0.2) is 36.8 Å². The average molecular weight is 365 g/mol. The lowest BCUT2D eigenvalue weighted by atomic mass is 9.99. The van der Waals surface area contributed by atoms with Gasteiger partial charge in [-0.3, -0.25) is 0 Å². The van der Waals surface area contributed by atoms with E-state index in [9.17, 15) is 4.39 Å². The maximum atomic E-state index is 14.1. The average Bonchev–Trinajstić information content (AvgIpc) is 2.68. The predicted octanol–water partition coefficient (Wildman–Crippen LogP) is 2.66. The molecule has 1 aliphatic rings. The molecular formula is C19H20FN7. The second kappa shape index (κ2) is 6.86. The number of halogens is 1. The van der Waals surface area contributed by atoms with Gasteiger partial charge >= 0.3 is 0 Å². The fraction of sp³-hybridized carbons (Fsp3) is 0.316. The summed E-state index contributed by atoms with van der Waals surface area (Å²) in [6.45, 7) is 2.76. The number of hydrogen-bond donors (Lipinski definition) is 0. The van der Waals surface area contributed by atoms with Gasteiger partial charge in [0.05, 0.1) is 11.7 Å². The number of aromatic nitrogens is 5. The molecule has 0 amide bonds. The number of hydrogen-bond acceptors (Lipinski definition) is 7. The van der Waals surface area contributed by atoms with E-state index in [1.165, 1.54) is 12.1 Å². The lowest BCUT2D eigenvalue weighted by Gasteiger charge is -2.35. The molecule has 0 saturated heterocycles. The first kappa shape index (κ1) is 17.3. The van der Waals surface area contributed by atoms with Crippen LogP contribution in [0.1, 0.15) is 24.2 Å². The molecule has 8 heteroatoms. The van der Waals surface area contributed by atoms with Gasteiger partial charge in [-0.25, -0.2) is 29.3 Å². The van der Waals surface area contributed by atoms with E-state index in [-0.39, 0.29) is 11.9 Å². The van der Waals surface area contributed by atoms with Crippen LogP contribution < -0.4 is 9.80 Å². The molecule has 0 fully saturated rings. The van der Waals surface area contributed by atoms with Gasteiger partial charge in [-0.05, 0) is 13.0 Å². The van der Waals surface area contributed by atoms with Crippen molar-refractivity contribution in [2.75, 3.05) is 30.4 Å². The van der Waals surface area contributed by atoms with E-state index in [1.54, 1.807) is 23.4 Å². The van der Waals surface area contributed by atoms with E-state index < -0.39 is 0 Å². The molecule has 0 unspecified atom stereocenters. The molecule has 0 aliphatic carbocycles. The first-order chi connectivity index (χ1) is 13.0. The van der Waals surface area contributed by atoms with Gasteiger partial charge in [-0.1, -0.05) is 0 Å². The van der Waals surface area contributed by atoms with E-state index >= 15 is 0 Å². The molecule has 3 aromatic rings. The molecule has 0 spiro atoms. The standard InChI is InChI=1S/C19H20FN7/c1-12-14-11-23-19(18-21-6-4-7-22-18)24-15(14)5-8-27(12)17-10-13(20)9-16(25-17)26(2)3/h4,6-7,9-12H,5,8H2,1-3H3/t12-/m1/s1. The van der Waals surface area contributed by atoms with Crippen LogP contribution in [0.5, 0.6) is 0 Å². The summed E-state index contributed by atoms with van der Waals surface area (Å²) in [6.07, 6.45) is 5.88. The van der Waals surface area contributed by atoms with Crippen molar-refractivity contribution in [2.24, 2.45) is 0 Å². The van der Waals surface area contributed by atoms with E-state index in [0.29, 0.717) is 29.8 Å². The second-order valence-corrected chi connectivity index (χ2v) is 6.68.